The molecule has 0 saturated carbocycles. The maximum atomic E-state index is 12.0. The van der Waals surface area contributed by atoms with E-state index in [1.807, 2.05) is 18.2 Å². The smallest absolute Gasteiger partial charge is 0.323 e. The Hall–Kier alpha value is -1.61. The maximum Gasteiger partial charge on any atom is 0.323 e. The van der Waals surface area contributed by atoms with Crippen LogP contribution in [0.5, 0.6) is 0 Å². The largest absolute Gasteiger partial charge is 0.468 e. The van der Waals surface area contributed by atoms with Gasteiger partial charge in [0.15, 0.2) is 0 Å². The molecule has 0 saturated heterocycles. The standard InChI is InChI=1S/C16H21NO2/c1-12-9-10-17(15(11-12)16(18)19-3)13(2)14-7-5-4-6-8-14/h4-9,13,15H,10-11H2,1-3H3/t13-,15+/m1/s1. The minimum Gasteiger partial charge on any atom is -0.468 e. The van der Waals surface area contributed by atoms with Gasteiger partial charge in [0.2, 0.25) is 0 Å². The summed E-state index contributed by atoms with van der Waals surface area (Å²) in [5, 5.41) is 0. The van der Waals surface area contributed by atoms with Crippen molar-refractivity contribution in [2.24, 2.45) is 0 Å². The molecule has 1 aromatic rings. The van der Waals surface area contributed by atoms with Crippen molar-refractivity contribution in [1.29, 1.82) is 0 Å². The number of carbonyl (C=O) groups is 1. The number of hydrogen-bond donors (Lipinski definition) is 0. The predicted molar refractivity (Wildman–Crippen MR) is 75.7 cm³/mol. The summed E-state index contributed by atoms with van der Waals surface area (Å²) >= 11 is 0. The lowest BCUT2D eigenvalue weighted by atomic mass is 9.97. The second kappa shape index (κ2) is 6.02. The van der Waals surface area contributed by atoms with E-state index in [0.717, 1.165) is 13.0 Å². The Kier molecular flexibility index (Phi) is 4.38. The van der Waals surface area contributed by atoms with Gasteiger partial charge in [0.05, 0.1) is 7.11 Å². The highest BCUT2D eigenvalue weighted by molar-refractivity contribution is 5.76. The van der Waals surface area contributed by atoms with Crippen LogP contribution in [0.15, 0.2) is 42.0 Å². The van der Waals surface area contributed by atoms with Crippen LogP contribution in [0.2, 0.25) is 0 Å². The first kappa shape index (κ1) is 13.8. The molecule has 102 valence electrons. The second-order valence-corrected chi connectivity index (χ2v) is 5.08. The lowest BCUT2D eigenvalue weighted by molar-refractivity contribution is -0.148. The molecular formula is C16H21NO2. The molecule has 1 aliphatic heterocycles. The highest BCUT2D eigenvalue weighted by atomic mass is 16.5. The van der Waals surface area contributed by atoms with E-state index in [1.165, 1.54) is 18.2 Å². The van der Waals surface area contributed by atoms with Crippen LogP contribution >= 0.6 is 0 Å². The van der Waals surface area contributed by atoms with E-state index >= 15 is 0 Å². The summed E-state index contributed by atoms with van der Waals surface area (Å²) in [7, 11) is 1.46. The van der Waals surface area contributed by atoms with E-state index in [0.29, 0.717) is 0 Å². The first-order chi connectivity index (χ1) is 9.13. The van der Waals surface area contributed by atoms with Crippen molar-refractivity contribution in [2.75, 3.05) is 13.7 Å². The number of hydrogen-bond acceptors (Lipinski definition) is 3. The van der Waals surface area contributed by atoms with Crippen molar-refractivity contribution in [2.45, 2.75) is 32.4 Å². The normalized spacial score (nSPS) is 21.6. The molecule has 1 aromatic carbocycles. The van der Waals surface area contributed by atoms with Gasteiger partial charge in [0, 0.05) is 12.6 Å². The fraction of sp³-hybridized carbons (Fsp3) is 0.438. The average Bonchev–Trinajstić information content (AvgIpc) is 2.46. The Morgan fingerprint density at radius 2 is 2.05 bits per heavy atom. The molecule has 1 heterocycles. The number of benzene rings is 1. The molecule has 0 aliphatic carbocycles. The van der Waals surface area contributed by atoms with Gasteiger partial charge in [-0.1, -0.05) is 42.0 Å². The number of esters is 1. The topological polar surface area (TPSA) is 29.5 Å². The maximum absolute atomic E-state index is 12.0. The van der Waals surface area contributed by atoms with Crippen LogP contribution in [0.4, 0.5) is 0 Å². The molecule has 3 heteroatoms. The molecule has 0 N–H and O–H groups in total. The van der Waals surface area contributed by atoms with Crippen LogP contribution in [0, 0.1) is 0 Å². The van der Waals surface area contributed by atoms with Gasteiger partial charge in [0.1, 0.15) is 6.04 Å². The number of rotatable bonds is 3. The predicted octanol–water partition coefficient (Wildman–Crippen LogP) is 2.94. The van der Waals surface area contributed by atoms with Crippen molar-refractivity contribution in [1.82, 2.24) is 4.90 Å². The van der Waals surface area contributed by atoms with Gasteiger partial charge in [-0.3, -0.25) is 9.69 Å². The molecule has 0 aromatic heterocycles. The van der Waals surface area contributed by atoms with Gasteiger partial charge < -0.3 is 4.74 Å². The number of methoxy groups -OCH3 is 1. The zero-order chi connectivity index (χ0) is 13.8. The molecule has 1 aliphatic rings. The summed E-state index contributed by atoms with van der Waals surface area (Å²) in [4.78, 5) is 14.2. The summed E-state index contributed by atoms with van der Waals surface area (Å²) in [6, 6.07) is 10.3. The SMILES string of the molecule is COC(=O)[C@@H]1CC(C)=CCN1[C@H](C)c1ccccc1. The Labute approximate surface area is 114 Å². The molecule has 0 spiro atoms. The van der Waals surface area contributed by atoms with Crippen molar-refractivity contribution in [3.63, 3.8) is 0 Å². The monoisotopic (exact) mass is 259 g/mol. The molecule has 0 amide bonds. The van der Waals surface area contributed by atoms with Gasteiger partial charge >= 0.3 is 5.97 Å². The van der Waals surface area contributed by atoms with Crippen molar-refractivity contribution in [3.8, 4) is 0 Å². The van der Waals surface area contributed by atoms with Gasteiger partial charge in [-0.25, -0.2) is 0 Å². The Morgan fingerprint density at radius 1 is 1.37 bits per heavy atom. The van der Waals surface area contributed by atoms with Crippen LogP contribution < -0.4 is 0 Å². The quantitative estimate of drug-likeness (QED) is 0.617. The fourth-order valence-corrected chi connectivity index (χ4v) is 2.60. The van der Waals surface area contributed by atoms with E-state index in [2.05, 4.69) is 37.0 Å². The van der Waals surface area contributed by atoms with E-state index in [9.17, 15) is 4.79 Å². The third-order valence-electron chi connectivity index (χ3n) is 3.82. The van der Waals surface area contributed by atoms with Crippen molar-refractivity contribution in [3.05, 3.63) is 47.5 Å². The lowest BCUT2D eigenvalue weighted by Crippen LogP contribution is -2.45. The highest BCUT2D eigenvalue weighted by Crippen LogP contribution is 2.28. The molecule has 2 atom stereocenters. The number of ether oxygens (including phenoxy) is 1. The fourth-order valence-electron chi connectivity index (χ4n) is 2.60. The van der Waals surface area contributed by atoms with Crippen LogP contribution in [0.3, 0.4) is 0 Å². The van der Waals surface area contributed by atoms with Crippen molar-refractivity contribution >= 4 is 5.97 Å². The van der Waals surface area contributed by atoms with Crippen LogP contribution in [0.1, 0.15) is 31.9 Å². The number of nitrogens with zero attached hydrogens (tertiary/aromatic N) is 1. The van der Waals surface area contributed by atoms with E-state index in [1.54, 1.807) is 0 Å². The molecule has 0 bridgehead atoms. The first-order valence-electron chi connectivity index (χ1n) is 6.67. The Morgan fingerprint density at radius 3 is 2.68 bits per heavy atom. The Balaban J connectivity index is 2.23. The summed E-state index contributed by atoms with van der Waals surface area (Å²) in [5.41, 5.74) is 2.48. The van der Waals surface area contributed by atoms with Crippen LogP contribution in [-0.4, -0.2) is 30.6 Å². The zero-order valence-electron chi connectivity index (χ0n) is 11.8. The van der Waals surface area contributed by atoms with Gasteiger partial charge in [0.25, 0.3) is 0 Å². The van der Waals surface area contributed by atoms with E-state index < -0.39 is 0 Å². The summed E-state index contributed by atoms with van der Waals surface area (Å²) in [6.45, 7) is 5.00. The van der Waals surface area contributed by atoms with Gasteiger partial charge in [-0.15, -0.1) is 0 Å². The summed E-state index contributed by atoms with van der Waals surface area (Å²) in [6.07, 6.45) is 2.95. The van der Waals surface area contributed by atoms with E-state index in [4.69, 9.17) is 4.74 Å². The summed E-state index contributed by atoms with van der Waals surface area (Å²) < 4.78 is 4.95. The zero-order valence-corrected chi connectivity index (χ0v) is 11.8. The third kappa shape index (κ3) is 3.04. The Bertz CT molecular complexity index is 467. The second-order valence-electron chi connectivity index (χ2n) is 5.08. The molecular weight excluding hydrogens is 238 g/mol. The molecule has 19 heavy (non-hydrogen) atoms. The minimum atomic E-state index is -0.176. The number of carbonyl (C=O) groups excluding carboxylic acids is 1. The molecule has 0 radical (unpaired) electrons. The minimum absolute atomic E-state index is 0.143. The van der Waals surface area contributed by atoms with Gasteiger partial charge in [-0.2, -0.15) is 0 Å². The highest BCUT2D eigenvalue weighted by Gasteiger charge is 2.32. The third-order valence-corrected chi connectivity index (χ3v) is 3.82. The van der Waals surface area contributed by atoms with Crippen molar-refractivity contribution < 1.29 is 9.53 Å². The van der Waals surface area contributed by atoms with Crippen LogP contribution in [-0.2, 0) is 9.53 Å². The first-order valence-corrected chi connectivity index (χ1v) is 6.67. The lowest BCUT2D eigenvalue weighted by Gasteiger charge is -2.37. The average molecular weight is 259 g/mol. The van der Waals surface area contributed by atoms with Gasteiger partial charge in [-0.05, 0) is 25.8 Å². The molecule has 0 unspecified atom stereocenters. The van der Waals surface area contributed by atoms with E-state index in [-0.39, 0.29) is 18.1 Å². The summed E-state index contributed by atoms with van der Waals surface area (Å²) in [5.74, 6) is -0.143. The van der Waals surface area contributed by atoms with Crippen LogP contribution in [0.25, 0.3) is 0 Å². The molecule has 3 nitrogen and oxygen atoms in total. The molecule has 2 rings (SSSR count). The molecule has 0 fully saturated rings.